The molecule has 0 unspecified atom stereocenters. The quantitative estimate of drug-likeness (QED) is 0.278. The summed E-state index contributed by atoms with van der Waals surface area (Å²) in [4.78, 5) is 32.8. The monoisotopic (exact) mass is 651 g/mol. The van der Waals surface area contributed by atoms with Crippen LogP contribution < -0.4 is 14.9 Å². The van der Waals surface area contributed by atoms with Crippen LogP contribution in [-0.2, 0) is 14.8 Å². The molecule has 41 heavy (non-hydrogen) atoms. The SMILES string of the molecule is CCCCNC(=O)CN1CCN(c2cc(C(=O)O)c3cc(NS(=O)(=O)c4ccc(F)cc4)ccc3n2)CC1.Cl.Cl.Cl. The van der Waals surface area contributed by atoms with Crippen LogP contribution in [0.4, 0.5) is 15.9 Å². The fourth-order valence-corrected chi connectivity index (χ4v) is 5.29. The van der Waals surface area contributed by atoms with E-state index in [9.17, 15) is 27.5 Å². The number of carbonyl (C=O) groups is 2. The zero-order chi connectivity index (χ0) is 27.3. The minimum Gasteiger partial charge on any atom is -0.478 e. The summed E-state index contributed by atoms with van der Waals surface area (Å²) in [6.07, 6.45) is 1.96. The zero-order valence-corrected chi connectivity index (χ0v) is 25.5. The smallest absolute Gasteiger partial charge is 0.336 e. The average Bonchev–Trinajstić information content (AvgIpc) is 2.88. The number of fused-ring (bicyclic) bond motifs is 1. The molecule has 15 heteroatoms. The first kappa shape index (κ1) is 36.1. The van der Waals surface area contributed by atoms with Crippen molar-refractivity contribution in [3.63, 3.8) is 0 Å². The second kappa shape index (κ2) is 15.9. The molecule has 0 radical (unpaired) electrons. The third-order valence-electron chi connectivity index (χ3n) is 6.32. The first-order chi connectivity index (χ1) is 18.2. The Morgan fingerprint density at radius 3 is 2.27 bits per heavy atom. The van der Waals surface area contributed by atoms with Crippen LogP contribution in [0, 0.1) is 5.82 Å². The number of amides is 1. The summed E-state index contributed by atoms with van der Waals surface area (Å²) in [5.74, 6) is -1.23. The standard InChI is InChI=1S/C26H30FN5O5S.3ClH/c1-2-3-10-28-25(33)17-31-11-13-32(14-12-31)24-16-22(26(34)35)21-15-19(6-9-23(21)29-24)30-38(36,37)20-7-4-18(27)5-8-20;;;/h4-9,15-16,30H,2-3,10-14,17H2,1H3,(H,28,33)(H,34,35);3*1H. The van der Waals surface area contributed by atoms with Crippen LogP contribution in [0.1, 0.15) is 30.1 Å². The molecule has 1 amide bonds. The van der Waals surface area contributed by atoms with Crippen molar-refractivity contribution in [2.24, 2.45) is 0 Å². The Bertz CT molecular complexity index is 1440. The van der Waals surface area contributed by atoms with Crippen molar-refractivity contribution < 1.29 is 27.5 Å². The minimum atomic E-state index is -4.00. The summed E-state index contributed by atoms with van der Waals surface area (Å²) in [6, 6.07) is 10.4. The lowest BCUT2D eigenvalue weighted by atomic mass is 10.1. The number of hydrogen-bond donors (Lipinski definition) is 3. The Kier molecular flexibility index (Phi) is 14.0. The van der Waals surface area contributed by atoms with E-state index >= 15 is 0 Å². The van der Waals surface area contributed by atoms with Crippen molar-refractivity contribution >= 4 is 81.5 Å². The van der Waals surface area contributed by atoms with Gasteiger partial charge in [0.25, 0.3) is 10.0 Å². The number of pyridine rings is 1. The molecule has 3 N–H and O–H groups in total. The van der Waals surface area contributed by atoms with Crippen molar-refractivity contribution in [1.82, 2.24) is 15.2 Å². The Balaban J connectivity index is 0.00000280. The van der Waals surface area contributed by atoms with Crippen molar-refractivity contribution in [2.75, 3.05) is 48.9 Å². The highest BCUT2D eigenvalue weighted by atomic mass is 35.5. The number of piperazine rings is 1. The molecule has 1 aliphatic heterocycles. The normalized spacial score (nSPS) is 13.4. The van der Waals surface area contributed by atoms with Gasteiger partial charge >= 0.3 is 5.97 Å². The second-order valence-corrected chi connectivity index (χ2v) is 10.8. The van der Waals surface area contributed by atoms with Gasteiger partial charge in [0.05, 0.1) is 22.5 Å². The van der Waals surface area contributed by atoms with Crippen LogP contribution in [0.3, 0.4) is 0 Å². The number of nitrogens with one attached hydrogen (secondary N) is 2. The number of sulfonamides is 1. The van der Waals surface area contributed by atoms with Crippen molar-refractivity contribution in [2.45, 2.75) is 24.7 Å². The molecule has 2 heterocycles. The molecule has 0 bridgehead atoms. The molecule has 1 fully saturated rings. The molecule has 0 saturated carbocycles. The number of anilines is 2. The van der Waals surface area contributed by atoms with Crippen LogP contribution in [-0.4, -0.2) is 74.6 Å². The predicted octanol–water partition coefficient (Wildman–Crippen LogP) is 4.18. The summed E-state index contributed by atoms with van der Waals surface area (Å²) in [5, 5.41) is 13.1. The lowest BCUT2D eigenvalue weighted by molar-refractivity contribution is -0.122. The van der Waals surface area contributed by atoms with Gasteiger partial charge in [0, 0.05) is 43.8 Å². The Morgan fingerprint density at radius 2 is 1.66 bits per heavy atom. The molecule has 3 aromatic rings. The van der Waals surface area contributed by atoms with E-state index in [0.717, 1.165) is 37.1 Å². The first-order valence-electron chi connectivity index (χ1n) is 12.4. The van der Waals surface area contributed by atoms with Crippen LogP contribution in [0.25, 0.3) is 10.9 Å². The van der Waals surface area contributed by atoms with E-state index in [0.29, 0.717) is 50.6 Å². The van der Waals surface area contributed by atoms with E-state index in [-0.39, 0.29) is 64.7 Å². The highest BCUT2D eigenvalue weighted by molar-refractivity contribution is 7.92. The zero-order valence-electron chi connectivity index (χ0n) is 22.2. The number of carboxylic acids is 1. The molecule has 0 aliphatic carbocycles. The largest absolute Gasteiger partial charge is 0.478 e. The van der Waals surface area contributed by atoms with Gasteiger partial charge in [-0.1, -0.05) is 13.3 Å². The fraction of sp³-hybridized carbons (Fsp3) is 0.346. The highest BCUT2D eigenvalue weighted by Gasteiger charge is 2.23. The molecular formula is C26H33Cl3FN5O5S. The van der Waals surface area contributed by atoms with Gasteiger partial charge in [-0.2, -0.15) is 0 Å². The van der Waals surface area contributed by atoms with Crippen LogP contribution in [0.5, 0.6) is 0 Å². The average molecular weight is 653 g/mol. The Morgan fingerprint density at radius 1 is 1.00 bits per heavy atom. The number of nitrogens with zero attached hydrogens (tertiary/aromatic N) is 3. The van der Waals surface area contributed by atoms with Gasteiger partial charge in [0.1, 0.15) is 11.6 Å². The first-order valence-corrected chi connectivity index (χ1v) is 13.8. The predicted molar refractivity (Wildman–Crippen MR) is 164 cm³/mol. The van der Waals surface area contributed by atoms with E-state index in [1.54, 1.807) is 6.07 Å². The summed E-state index contributed by atoms with van der Waals surface area (Å²) >= 11 is 0. The van der Waals surface area contributed by atoms with E-state index in [2.05, 4.69) is 26.8 Å². The maximum atomic E-state index is 13.2. The molecule has 1 aliphatic rings. The number of carboxylic acid groups (broad SMARTS) is 1. The van der Waals surface area contributed by atoms with Crippen LogP contribution in [0.2, 0.25) is 0 Å². The van der Waals surface area contributed by atoms with E-state index < -0.39 is 21.8 Å². The third kappa shape index (κ3) is 9.30. The van der Waals surface area contributed by atoms with Gasteiger partial charge in [-0.3, -0.25) is 14.4 Å². The summed E-state index contributed by atoms with van der Waals surface area (Å²) < 4.78 is 41.0. The topological polar surface area (TPSA) is 132 Å². The van der Waals surface area contributed by atoms with Crippen LogP contribution in [0.15, 0.2) is 53.4 Å². The fourth-order valence-electron chi connectivity index (χ4n) is 4.24. The number of halogens is 4. The summed E-state index contributed by atoms with van der Waals surface area (Å²) in [5.41, 5.74) is 0.553. The highest BCUT2D eigenvalue weighted by Crippen LogP contribution is 2.28. The molecule has 10 nitrogen and oxygen atoms in total. The van der Waals surface area contributed by atoms with Gasteiger partial charge in [-0.15, -0.1) is 37.2 Å². The van der Waals surface area contributed by atoms with Crippen molar-refractivity contribution in [3.05, 3.63) is 59.9 Å². The number of hydrogen-bond acceptors (Lipinski definition) is 7. The van der Waals surface area contributed by atoms with Crippen molar-refractivity contribution in [1.29, 1.82) is 0 Å². The molecule has 0 atom stereocenters. The third-order valence-corrected chi connectivity index (χ3v) is 7.71. The molecule has 4 rings (SSSR count). The molecule has 226 valence electrons. The van der Waals surface area contributed by atoms with Gasteiger partial charge in [-0.25, -0.2) is 22.6 Å². The number of unbranched alkanes of at least 4 members (excludes halogenated alkanes) is 1. The van der Waals surface area contributed by atoms with E-state index in [1.165, 1.54) is 18.2 Å². The number of benzene rings is 2. The number of carbonyl (C=O) groups excluding carboxylic acids is 1. The lowest BCUT2D eigenvalue weighted by Crippen LogP contribution is -2.49. The van der Waals surface area contributed by atoms with Crippen LogP contribution >= 0.6 is 37.2 Å². The Labute approximate surface area is 257 Å². The summed E-state index contributed by atoms with van der Waals surface area (Å²) in [6.45, 7) is 5.48. The summed E-state index contributed by atoms with van der Waals surface area (Å²) in [7, 11) is -4.00. The molecule has 1 saturated heterocycles. The minimum absolute atomic E-state index is 0. The maximum absolute atomic E-state index is 13.2. The van der Waals surface area contributed by atoms with E-state index in [4.69, 9.17) is 0 Å². The Hall–Kier alpha value is -2.90. The number of rotatable bonds is 10. The molecule has 0 spiro atoms. The van der Waals surface area contributed by atoms with Gasteiger partial charge in [-0.05, 0) is 55.0 Å². The maximum Gasteiger partial charge on any atom is 0.336 e. The second-order valence-electron chi connectivity index (χ2n) is 9.09. The van der Waals surface area contributed by atoms with Gasteiger partial charge in [0.15, 0.2) is 0 Å². The number of aromatic carboxylic acids is 1. The van der Waals surface area contributed by atoms with Gasteiger partial charge < -0.3 is 15.3 Å². The lowest BCUT2D eigenvalue weighted by Gasteiger charge is -2.35. The van der Waals surface area contributed by atoms with E-state index in [1.807, 2.05) is 4.90 Å². The number of aromatic nitrogens is 1. The van der Waals surface area contributed by atoms with Gasteiger partial charge in [0.2, 0.25) is 5.91 Å². The molecule has 1 aromatic heterocycles. The molecule has 2 aromatic carbocycles. The van der Waals surface area contributed by atoms with Crippen molar-refractivity contribution in [3.8, 4) is 0 Å². The molecular weight excluding hydrogens is 620 g/mol.